The number of hydrogen-bond acceptors (Lipinski definition) is 5. The molecule has 2 atom stereocenters. The molecule has 1 aromatic heterocycles. The van der Waals surface area contributed by atoms with Crippen molar-refractivity contribution in [3.63, 3.8) is 0 Å². The van der Waals surface area contributed by atoms with E-state index in [1.807, 2.05) is 47.2 Å². The summed E-state index contributed by atoms with van der Waals surface area (Å²) in [5.41, 5.74) is 3.89. The fourth-order valence-corrected chi connectivity index (χ4v) is 5.40. The Bertz CT molecular complexity index is 1200. The molecule has 198 valence electrons. The number of nitrogens with zero attached hydrogens (tertiary/aromatic N) is 5. The van der Waals surface area contributed by atoms with Gasteiger partial charge in [0, 0.05) is 62.8 Å². The molecule has 2 saturated heterocycles. The summed E-state index contributed by atoms with van der Waals surface area (Å²) in [6.45, 7) is 3.75. The summed E-state index contributed by atoms with van der Waals surface area (Å²) < 4.78 is 0. The third-order valence-electron chi connectivity index (χ3n) is 7.70. The van der Waals surface area contributed by atoms with E-state index in [2.05, 4.69) is 39.6 Å². The average molecular weight is 513 g/mol. The molecule has 8 nitrogen and oxygen atoms in total. The van der Waals surface area contributed by atoms with Gasteiger partial charge in [-0.2, -0.15) is 0 Å². The Kier molecular flexibility index (Phi) is 8.28. The van der Waals surface area contributed by atoms with Gasteiger partial charge in [-0.05, 0) is 55.5 Å². The van der Waals surface area contributed by atoms with Crippen LogP contribution in [0.25, 0.3) is 11.1 Å². The minimum atomic E-state index is -0.0268. The molecular weight excluding hydrogens is 476 g/mol. The number of carbonyl (C=O) groups is 2. The lowest BCUT2D eigenvalue weighted by atomic mass is 10.1. The monoisotopic (exact) mass is 512 g/mol. The second kappa shape index (κ2) is 12.2. The van der Waals surface area contributed by atoms with Gasteiger partial charge >= 0.3 is 6.03 Å². The van der Waals surface area contributed by atoms with Crippen LogP contribution in [-0.4, -0.2) is 88.5 Å². The number of aromatic nitrogens is 2. The SMILES string of the molecule is CN(C(=O)c1ccc(-c2cncnc2)cc1)[C@H]1CCN(C(=O)N2CC[C@H](NCCCc3ccccc3)C2)C1. The van der Waals surface area contributed by atoms with Crippen LogP contribution < -0.4 is 5.32 Å². The summed E-state index contributed by atoms with van der Waals surface area (Å²) in [6, 6.07) is 18.5. The van der Waals surface area contributed by atoms with E-state index in [4.69, 9.17) is 0 Å². The zero-order chi connectivity index (χ0) is 26.3. The first kappa shape index (κ1) is 25.9. The van der Waals surface area contributed by atoms with E-state index >= 15 is 0 Å². The maximum Gasteiger partial charge on any atom is 0.320 e. The molecule has 5 rings (SSSR count). The first-order chi connectivity index (χ1) is 18.6. The second-order valence-corrected chi connectivity index (χ2v) is 10.3. The molecule has 3 heterocycles. The third kappa shape index (κ3) is 6.19. The van der Waals surface area contributed by atoms with E-state index < -0.39 is 0 Å². The second-order valence-electron chi connectivity index (χ2n) is 10.3. The van der Waals surface area contributed by atoms with Crippen molar-refractivity contribution in [1.29, 1.82) is 0 Å². The number of benzene rings is 2. The molecular formula is C30H36N6O2. The molecule has 1 N–H and O–H groups in total. The molecule has 2 aliphatic heterocycles. The summed E-state index contributed by atoms with van der Waals surface area (Å²) in [5.74, 6) is -0.0268. The van der Waals surface area contributed by atoms with Crippen molar-refractivity contribution in [3.05, 3.63) is 84.4 Å². The van der Waals surface area contributed by atoms with Gasteiger partial charge in [-0.25, -0.2) is 14.8 Å². The van der Waals surface area contributed by atoms with E-state index in [-0.39, 0.29) is 18.0 Å². The van der Waals surface area contributed by atoms with Gasteiger partial charge in [0.1, 0.15) is 6.33 Å². The molecule has 2 fully saturated rings. The maximum absolute atomic E-state index is 13.2. The Labute approximate surface area is 224 Å². The molecule has 2 aromatic carbocycles. The van der Waals surface area contributed by atoms with Crippen molar-refractivity contribution < 1.29 is 9.59 Å². The average Bonchev–Trinajstić information content (AvgIpc) is 3.66. The van der Waals surface area contributed by atoms with E-state index in [0.29, 0.717) is 24.7 Å². The smallest absolute Gasteiger partial charge is 0.320 e. The highest BCUT2D eigenvalue weighted by atomic mass is 16.2. The lowest BCUT2D eigenvalue weighted by Gasteiger charge is -2.27. The number of likely N-dealkylation sites (tertiary alicyclic amines) is 2. The molecule has 8 heteroatoms. The first-order valence-corrected chi connectivity index (χ1v) is 13.5. The van der Waals surface area contributed by atoms with E-state index in [0.717, 1.165) is 56.4 Å². The van der Waals surface area contributed by atoms with Crippen molar-refractivity contribution in [2.75, 3.05) is 39.8 Å². The highest BCUT2D eigenvalue weighted by Gasteiger charge is 2.35. The van der Waals surface area contributed by atoms with Gasteiger partial charge in [0.05, 0.1) is 6.04 Å². The fraction of sp³-hybridized carbons (Fsp3) is 0.400. The molecule has 3 aromatic rings. The summed E-state index contributed by atoms with van der Waals surface area (Å²) in [7, 11) is 1.84. The first-order valence-electron chi connectivity index (χ1n) is 13.5. The Morgan fingerprint density at radius 1 is 0.921 bits per heavy atom. The normalized spacial score (nSPS) is 19.1. The molecule has 0 unspecified atom stereocenters. The van der Waals surface area contributed by atoms with E-state index in [9.17, 15) is 9.59 Å². The Balaban J connectivity index is 1.07. The van der Waals surface area contributed by atoms with Crippen LogP contribution >= 0.6 is 0 Å². The number of hydrogen-bond donors (Lipinski definition) is 1. The number of likely N-dealkylation sites (N-methyl/N-ethyl adjacent to an activating group) is 1. The highest BCUT2D eigenvalue weighted by molar-refractivity contribution is 5.94. The highest BCUT2D eigenvalue weighted by Crippen LogP contribution is 2.22. The van der Waals surface area contributed by atoms with Crippen molar-refractivity contribution >= 4 is 11.9 Å². The lowest BCUT2D eigenvalue weighted by molar-refractivity contribution is 0.0735. The molecule has 0 spiro atoms. The van der Waals surface area contributed by atoms with E-state index in [1.165, 1.54) is 11.9 Å². The van der Waals surface area contributed by atoms with Crippen LogP contribution in [-0.2, 0) is 6.42 Å². The van der Waals surface area contributed by atoms with Crippen molar-refractivity contribution in [3.8, 4) is 11.1 Å². The molecule has 0 saturated carbocycles. The van der Waals surface area contributed by atoms with Gasteiger partial charge in [-0.15, -0.1) is 0 Å². The van der Waals surface area contributed by atoms with Gasteiger partial charge in [0.15, 0.2) is 0 Å². The van der Waals surface area contributed by atoms with Crippen LogP contribution in [0.5, 0.6) is 0 Å². The van der Waals surface area contributed by atoms with Crippen molar-refractivity contribution in [2.24, 2.45) is 0 Å². The summed E-state index contributed by atoms with van der Waals surface area (Å²) in [4.78, 5) is 40.1. The Morgan fingerprint density at radius 3 is 2.39 bits per heavy atom. The Hall–Kier alpha value is -3.78. The van der Waals surface area contributed by atoms with Gasteiger partial charge in [-0.1, -0.05) is 42.5 Å². The van der Waals surface area contributed by atoms with E-state index in [1.54, 1.807) is 17.3 Å². The number of carbonyl (C=O) groups excluding carboxylic acids is 2. The minimum Gasteiger partial charge on any atom is -0.337 e. The zero-order valence-electron chi connectivity index (χ0n) is 22.0. The number of amides is 3. The van der Waals surface area contributed by atoms with Crippen LogP contribution in [0.1, 0.15) is 35.2 Å². The number of rotatable bonds is 8. The summed E-state index contributed by atoms with van der Waals surface area (Å²) in [5, 5.41) is 3.63. The van der Waals surface area contributed by atoms with Crippen LogP contribution in [0.3, 0.4) is 0 Å². The van der Waals surface area contributed by atoms with Gasteiger partial charge in [0.2, 0.25) is 0 Å². The standard InChI is InChI=1S/C30H36N6O2/c1-34(29(37)25-11-9-24(10-12-25)26-18-31-22-32-19-26)28-14-17-36(21-28)30(38)35-16-13-27(20-35)33-15-5-8-23-6-3-2-4-7-23/h2-4,6-7,9-12,18-19,22,27-28,33H,5,8,13-17,20-21H2,1H3/t27-,28-/m0/s1. The van der Waals surface area contributed by atoms with Crippen molar-refractivity contribution in [2.45, 2.75) is 37.8 Å². The van der Waals surface area contributed by atoms with Gasteiger partial charge < -0.3 is 20.0 Å². The number of nitrogens with one attached hydrogen (secondary N) is 1. The van der Waals surface area contributed by atoms with Crippen LogP contribution in [0.4, 0.5) is 4.79 Å². The van der Waals surface area contributed by atoms with Crippen molar-refractivity contribution in [1.82, 2.24) is 30.0 Å². The van der Waals surface area contributed by atoms with Crippen LogP contribution in [0.15, 0.2) is 73.3 Å². The predicted molar refractivity (Wildman–Crippen MR) is 148 cm³/mol. The minimum absolute atomic E-state index is 0.0168. The predicted octanol–water partition coefficient (Wildman–Crippen LogP) is 3.71. The van der Waals surface area contributed by atoms with Crippen LogP contribution in [0, 0.1) is 0 Å². The van der Waals surface area contributed by atoms with Gasteiger partial charge in [-0.3, -0.25) is 4.79 Å². The largest absolute Gasteiger partial charge is 0.337 e. The number of aryl methyl sites for hydroxylation is 1. The molecule has 3 amide bonds. The summed E-state index contributed by atoms with van der Waals surface area (Å²) in [6.07, 6.45) is 8.94. The summed E-state index contributed by atoms with van der Waals surface area (Å²) >= 11 is 0. The molecule has 0 aliphatic carbocycles. The molecule has 38 heavy (non-hydrogen) atoms. The third-order valence-corrected chi connectivity index (χ3v) is 7.70. The molecule has 2 aliphatic rings. The quantitative estimate of drug-likeness (QED) is 0.466. The molecule has 0 radical (unpaired) electrons. The lowest BCUT2D eigenvalue weighted by Crippen LogP contribution is -2.45. The van der Waals surface area contributed by atoms with Crippen LogP contribution in [0.2, 0.25) is 0 Å². The van der Waals surface area contributed by atoms with Gasteiger partial charge in [0.25, 0.3) is 5.91 Å². The zero-order valence-corrected chi connectivity index (χ0v) is 22.0. The fourth-order valence-electron chi connectivity index (χ4n) is 5.40. The molecule has 0 bridgehead atoms. The topological polar surface area (TPSA) is 81.7 Å². The maximum atomic E-state index is 13.2. The number of urea groups is 1. The Morgan fingerprint density at radius 2 is 1.63 bits per heavy atom.